The molecule has 1 atom stereocenters. The first-order valence-electron chi connectivity index (χ1n) is 7.60. The van der Waals surface area contributed by atoms with Gasteiger partial charge in [0, 0.05) is 6.54 Å². The highest BCUT2D eigenvalue weighted by Crippen LogP contribution is 2.31. The molecule has 1 aromatic heterocycles. The Balaban J connectivity index is 1.69. The second kappa shape index (κ2) is 7.23. The monoisotopic (exact) mass is 351 g/mol. The molecular formula is C17H18ClNO3S. The highest BCUT2D eigenvalue weighted by atomic mass is 35.5. The van der Waals surface area contributed by atoms with E-state index in [1.54, 1.807) is 12.1 Å². The van der Waals surface area contributed by atoms with Gasteiger partial charge in [0.05, 0.1) is 15.8 Å². The third-order valence-electron chi connectivity index (χ3n) is 3.56. The molecule has 1 aromatic carbocycles. The number of halogens is 1. The summed E-state index contributed by atoms with van der Waals surface area (Å²) in [6, 6.07) is 11.1. The number of amides is 1. The van der Waals surface area contributed by atoms with E-state index in [0.717, 1.165) is 17.9 Å². The molecule has 0 bridgehead atoms. The average Bonchev–Trinajstić information content (AvgIpc) is 3.00. The van der Waals surface area contributed by atoms with Crippen molar-refractivity contribution in [1.82, 2.24) is 4.90 Å². The number of carbonyl (C=O) groups is 1. The van der Waals surface area contributed by atoms with Crippen LogP contribution in [0.15, 0.2) is 36.4 Å². The van der Waals surface area contributed by atoms with Crippen LogP contribution in [0.4, 0.5) is 0 Å². The Labute approximate surface area is 144 Å². The average molecular weight is 352 g/mol. The summed E-state index contributed by atoms with van der Waals surface area (Å²) in [5.74, 6) is 1.47. The first-order chi connectivity index (χ1) is 11.2. The predicted octanol–water partition coefficient (Wildman–Crippen LogP) is 4.09. The number of nitrogens with zero attached hydrogens (tertiary/aromatic N) is 1. The fourth-order valence-electron chi connectivity index (χ4n) is 2.53. The Morgan fingerprint density at radius 2 is 2.09 bits per heavy atom. The van der Waals surface area contributed by atoms with Crippen LogP contribution in [0, 0.1) is 0 Å². The molecule has 0 aliphatic carbocycles. The standard InChI is InChI=1S/C17H18ClNO3S/c1-2-9-19(17(20)15-7-8-16(18)23-15)10-12-11-21-13-5-3-4-6-14(13)22-12/h3-8,12H,2,9-11H2,1H3. The van der Waals surface area contributed by atoms with E-state index in [9.17, 15) is 4.79 Å². The van der Waals surface area contributed by atoms with Gasteiger partial charge in [-0.05, 0) is 30.7 Å². The fraction of sp³-hybridized carbons (Fsp3) is 0.353. The Morgan fingerprint density at radius 1 is 1.30 bits per heavy atom. The predicted molar refractivity (Wildman–Crippen MR) is 91.9 cm³/mol. The van der Waals surface area contributed by atoms with Crippen molar-refractivity contribution in [3.05, 3.63) is 45.6 Å². The SMILES string of the molecule is CCCN(CC1COc2ccccc2O1)C(=O)c1ccc(Cl)s1. The first kappa shape index (κ1) is 16.1. The summed E-state index contributed by atoms with van der Waals surface area (Å²) in [7, 11) is 0. The van der Waals surface area contributed by atoms with Crippen LogP contribution in [-0.2, 0) is 0 Å². The van der Waals surface area contributed by atoms with Crippen LogP contribution in [0.1, 0.15) is 23.0 Å². The number of benzene rings is 1. The molecule has 2 heterocycles. The number of carbonyl (C=O) groups excluding carboxylic acids is 1. The minimum absolute atomic E-state index is 0.00814. The number of rotatable bonds is 5. The molecule has 0 fully saturated rings. The lowest BCUT2D eigenvalue weighted by molar-refractivity contribution is 0.0465. The van der Waals surface area contributed by atoms with Crippen LogP contribution in [0.5, 0.6) is 11.5 Å². The number of ether oxygens (including phenoxy) is 2. The molecule has 6 heteroatoms. The summed E-state index contributed by atoms with van der Waals surface area (Å²) in [4.78, 5) is 15.1. The zero-order valence-corrected chi connectivity index (χ0v) is 14.4. The summed E-state index contributed by atoms with van der Waals surface area (Å²) in [5.41, 5.74) is 0. The van der Waals surface area contributed by atoms with Crippen LogP contribution in [-0.4, -0.2) is 36.6 Å². The van der Waals surface area contributed by atoms with Crippen molar-refractivity contribution in [2.24, 2.45) is 0 Å². The van der Waals surface area contributed by atoms with Gasteiger partial charge in [-0.25, -0.2) is 0 Å². The van der Waals surface area contributed by atoms with Crippen LogP contribution < -0.4 is 9.47 Å². The van der Waals surface area contributed by atoms with E-state index in [1.165, 1.54) is 11.3 Å². The Morgan fingerprint density at radius 3 is 2.78 bits per heavy atom. The maximum absolute atomic E-state index is 12.6. The van der Waals surface area contributed by atoms with Crippen molar-refractivity contribution in [2.75, 3.05) is 19.7 Å². The topological polar surface area (TPSA) is 38.8 Å². The molecule has 1 unspecified atom stereocenters. The van der Waals surface area contributed by atoms with E-state index in [2.05, 4.69) is 6.92 Å². The lowest BCUT2D eigenvalue weighted by atomic mass is 10.2. The van der Waals surface area contributed by atoms with Gasteiger partial charge in [-0.15, -0.1) is 11.3 Å². The van der Waals surface area contributed by atoms with E-state index in [0.29, 0.717) is 28.9 Å². The summed E-state index contributed by atoms with van der Waals surface area (Å²) in [6.07, 6.45) is 0.713. The number of fused-ring (bicyclic) bond motifs is 1. The minimum atomic E-state index is -0.171. The van der Waals surface area contributed by atoms with Crippen LogP contribution in [0.2, 0.25) is 4.34 Å². The molecule has 3 rings (SSSR count). The maximum atomic E-state index is 12.6. The molecule has 122 valence electrons. The smallest absolute Gasteiger partial charge is 0.264 e. The highest BCUT2D eigenvalue weighted by Gasteiger charge is 2.26. The van der Waals surface area contributed by atoms with Crippen LogP contribution >= 0.6 is 22.9 Å². The van der Waals surface area contributed by atoms with Gasteiger partial charge in [0.15, 0.2) is 17.6 Å². The van der Waals surface area contributed by atoms with Crippen molar-refractivity contribution in [1.29, 1.82) is 0 Å². The molecule has 1 aliphatic rings. The van der Waals surface area contributed by atoms with Gasteiger partial charge in [0.25, 0.3) is 5.91 Å². The van der Waals surface area contributed by atoms with Crippen molar-refractivity contribution >= 4 is 28.8 Å². The summed E-state index contributed by atoms with van der Waals surface area (Å²) < 4.78 is 12.3. The first-order valence-corrected chi connectivity index (χ1v) is 8.80. The van der Waals surface area contributed by atoms with Crippen molar-refractivity contribution < 1.29 is 14.3 Å². The molecular weight excluding hydrogens is 334 g/mol. The summed E-state index contributed by atoms with van der Waals surface area (Å²) in [6.45, 7) is 3.66. The molecule has 4 nitrogen and oxygen atoms in total. The molecule has 23 heavy (non-hydrogen) atoms. The van der Waals surface area contributed by atoms with E-state index in [-0.39, 0.29) is 12.0 Å². The van der Waals surface area contributed by atoms with Gasteiger partial charge >= 0.3 is 0 Å². The zero-order valence-electron chi connectivity index (χ0n) is 12.8. The highest BCUT2D eigenvalue weighted by molar-refractivity contribution is 7.17. The fourth-order valence-corrected chi connectivity index (χ4v) is 3.54. The van der Waals surface area contributed by atoms with Gasteiger partial charge in [0.2, 0.25) is 0 Å². The molecule has 0 saturated carbocycles. The van der Waals surface area contributed by atoms with Crippen molar-refractivity contribution in [2.45, 2.75) is 19.4 Å². The molecule has 0 saturated heterocycles. The Kier molecular flexibility index (Phi) is 5.08. The molecule has 1 amide bonds. The summed E-state index contributed by atoms with van der Waals surface area (Å²) in [5, 5.41) is 0. The Bertz CT molecular complexity index is 688. The second-order valence-corrected chi connectivity index (χ2v) is 7.07. The maximum Gasteiger partial charge on any atom is 0.264 e. The zero-order chi connectivity index (χ0) is 16.2. The van der Waals surface area contributed by atoms with Crippen molar-refractivity contribution in [3.8, 4) is 11.5 Å². The van der Waals surface area contributed by atoms with Crippen molar-refractivity contribution in [3.63, 3.8) is 0 Å². The lowest BCUT2D eigenvalue weighted by Gasteiger charge is -2.31. The molecule has 0 N–H and O–H groups in total. The number of thiophene rings is 1. The normalized spacial score (nSPS) is 16.2. The van der Waals surface area contributed by atoms with Gasteiger partial charge in [-0.3, -0.25) is 4.79 Å². The molecule has 0 spiro atoms. The van der Waals surface area contributed by atoms with E-state index in [4.69, 9.17) is 21.1 Å². The summed E-state index contributed by atoms with van der Waals surface area (Å²) >= 11 is 7.24. The number of hydrogen-bond donors (Lipinski definition) is 0. The van der Waals surface area contributed by atoms with E-state index in [1.807, 2.05) is 29.2 Å². The third kappa shape index (κ3) is 3.79. The van der Waals surface area contributed by atoms with Crippen LogP contribution in [0.3, 0.4) is 0 Å². The third-order valence-corrected chi connectivity index (χ3v) is 4.78. The quantitative estimate of drug-likeness (QED) is 0.814. The van der Waals surface area contributed by atoms with Gasteiger partial charge in [-0.2, -0.15) is 0 Å². The van der Waals surface area contributed by atoms with E-state index >= 15 is 0 Å². The Hall–Kier alpha value is -1.72. The minimum Gasteiger partial charge on any atom is -0.486 e. The molecule has 2 aromatic rings. The molecule has 1 aliphatic heterocycles. The van der Waals surface area contributed by atoms with Gasteiger partial charge in [-0.1, -0.05) is 30.7 Å². The molecule has 0 radical (unpaired) electrons. The number of hydrogen-bond acceptors (Lipinski definition) is 4. The number of para-hydroxylation sites is 2. The largest absolute Gasteiger partial charge is 0.486 e. The van der Waals surface area contributed by atoms with E-state index < -0.39 is 0 Å². The van der Waals surface area contributed by atoms with Gasteiger partial charge in [0.1, 0.15) is 6.61 Å². The van der Waals surface area contributed by atoms with Gasteiger partial charge < -0.3 is 14.4 Å². The second-order valence-electron chi connectivity index (χ2n) is 5.35. The lowest BCUT2D eigenvalue weighted by Crippen LogP contribution is -2.43. The van der Waals surface area contributed by atoms with Crippen LogP contribution in [0.25, 0.3) is 0 Å².